The van der Waals surface area contributed by atoms with Crippen molar-refractivity contribution in [3.05, 3.63) is 71.8 Å². The molecule has 0 fully saturated rings. The Labute approximate surface area is 180 Å². The summed E-state index contributed by atoms with van der Waals surface area (Å²) in [5.74, 6) is 0.124. The monoisotopic (exact) mass is 417 g/mol. The minimum atomic E-state index is -0.778. The van der Waals surface area contributed by atoms with Crippen molar-refractivity contribution in [2.75, 3.05) is 19.7 Å². The number of aliphatic carboxylic acids is 1. The van der Waals surface area contributed by atoms with E-state index >= 15 is 0 Å². The van der Waals surface area contributed by atoms with Crippen LogP contribution in [0.15, 0.2) is 60.7 Å². The highest BCUT2D eigenvalue weighted by Gasteiger charge is 1.99. The molecule has 4 nitrogen and oxygen atoms in total. The zero-order chi connectivity index (χ0) is 20.0. The first-order chi connectivity index (χ1) is 13.6. The molecule has 2 rings (SSSR count). The maximum Gasteiger partial charge on any atom is 0.304 e. The number of nitrogens with one attached hydrogen (secondary N) is 1. The lowest BCUT2D eigenvalue weighted by Crippen LogP contribution is -2.18. The summed E-state index contributed by atoms with van der Waals surface area (Å²) in [5, 5.41) is 11.7. The Morgan fingerprint density at radius 3 is 2.45 bits per heavy atom. The molecule has 0 amide bonds. The topological polar surface area (TPSA) is 58.6 Å². The van der Waals surface area contributed by atoms with Crippen molar-refractivity contribution in [2.45, 2.75) is 39.0 Å². The maximum absolute atomic E-state index is 10.5. The number of allylic oxidation sites excluding steroid dienone is 1. The molecular weight excluding hydrogens is 386 g/mol. The molecular formula is C24H32ClNO3. The Morgan fingerprint density at radius 1 is 1.03 bits per heavy atom. The summed E-state index contributed by atoms with van der Waals surface area (Å²) in [6, 6.07) is 18.7. The van der Waals surface area contributed by atoms with Crippen LogP contribution in [0.4, 0.5) is 0 Å². The van der Waals surface area contributed by atoms with Gasteiger partial charge in [0, 0.05) is 13.1 Å². The summed E-state index contributed by atoms with van der Waals surface area (Å²) < 4.78 is 5.84. The van der Waals surface area contributed by atoms with E-state index in [9.17, 15) is 4.79 Å². The van der Waals surface area contributed by atoms with Crippen molar-refractivity contribution in [3.63, 3.8) is 0 Å². The molecule has 0 aliphatic rings. The van der Waals surface area contributed by atoms with E-state index in [0.717, 1.165) is 36.3 Å². The fourth-order valence-corrected chi connectivity index (χ4v) is 2.90. The molecule has 0 aliphatic carbocycles. The van der Waals surface area contributed by atoms with E-state index in [1.807, 2.05) is 12.1 Å². The molecule has 5 heteroatoms. The van der Waals surface area contributed by atoms with Crippen LogP contribution in [0.3, 0.4) is 0 Å². The Bertz CT molecular complexity index is 730. The SMILES string of the molecule is C/C(=C\CNCCC(=O)O)c1ccc(OCCCCCc2ccccc2)cc1.Cl. The van der Waals surface area contributed by atoms with Gasteiger partial charge < -0.3 is 15.2 Å². The Morgan fingerprint density at radius 2 is 1.76 bits per heavy atom. The molecule has 29 heavy (non-hydrogen) atoms. The molecule has 0 bridgehead atoms. The predicted octanol–water partition coefficient (Wildman–Crippen LogP) is 5.37. The molecule has 0 atom stereocenters. The van der Waals surface area contributed by atoms with Gasteiger partial charge in [0.15, 0.2) is 0 Å². The number of aryl methyl sites for hydroxylation is 1. The number of halogens is 1. The van der Waals surface area contributed by atoms with Crippen LogP contribution in [0.1, 0.15) is 43.7 Å². The minimum absolute atomic E-state index is 0. The van der Waals surface area contributed by atoms with Gasteiger partial charge in [0.05, 0.1) is 13.0 Å². The summed E-state index contributed by atoms with van der Waals surface area (Å²) >= 11 is 0. The lowest BCUT2D eigenvalue weighted by molar-refractivity contribution is -0.136. The summed E-state index contributed by atoms with van der Waals surface area (Å²) in [6.07, 6.45) is 6.78. The molecule has 0 saturated carbocycles. The summed E-state index contributed by atoms with van der Waals surface area (Å²) in [4.78, 5) is 10.5. The maximum atomic E-state index is 10.5. The fourth-order valence-electron chi connectivity index (χ4n) is 2.90. The molecule has 2 aromatic rings. The minimum Gasteiger partial charge on any atom is -0.494 e. The van der Waals surface area contributed by atoms with Gasteiger partial charge in [-0.15, -0.1) is 12.4 Å². The normalized spacial score (nSPS) is 11.0. The molecule has 0 saturated heterocycles. The van der Waals surface area contributed by atoms with E-state index in [-0.39, 0.29) is 18.8 Å². The second-order valence-corrected chi connectivity index (χ2v) is 6.90. The van der Waals surface area contributed by atoms with Crippen molar-refractivity contribution in [2.24, 2.45) is 0 Å². The van der Waals surface area contributed by atoms with Gasteiger partial charge in [0.2, 0.25) is 0 Å². The molecule has 0 aliphatic heterocycles. The van der Waals surface area contributed by atoms with Crippen LogP contribution in [0.2, 0.25) is 0 Å². The zero-order valence-electron chi connectivity index (χ0n) is 17.1. The van der Waals surface area contributed by atoms with Crippen LogP contribution in [-0.2, 0) is 11.2 Å². The van der Waals surface area contributed by atoms with Crippen LogP contribution in [0, 0.1) is 0 Å². The van der Waals surface area contributed by atoms with Crippen LogP contribution in [0.5, 0.6) is 5.75 Å². The first kappa shape index (κ1) is 24.7. The van der Waals surface area contributed by atoms with E-state index in [2.05, 4.69) is 60.8 Å². The number of benzene rings is 2. The van der Waals surface area contributed by atoms with E-state index in [0.29, 0.717) is 13.1 Å². The molecule has 0 aromatic heterocycles. The largest absolute Gasteiger partial charge is 0.494 e. The van der Waals surface area contributed by atoms with Crippen LogP contribution < -0.4 is 10.1 Å². The van der Waals surface area contributed by atoms with Gasteiger partial charge in [-0.05, 0) is 61.4 Å². The number of unbranched alkanes of at least 4 members (excludes halogenated alkanes) is 2. The van der Waals surface area contributed by atoms with Crippen molar-refractivity contribution in [1.29, 1.82) is 0 Å². The molecule has 0 unspecified atom stereocenters. The number of hydrogen-bond acceptors (Lipinski definition) is 3. The number of rotatable bonds is 13. The van der Waals surface area contributed by atoms with Gasteiger partial charge >= 0.3 is 5.97 Å². The van der Waals surface area contributed by atoms with Gasteiger partial charge in [-0.2, -0.15) is 0 Å². The van der Waals surface area contributed by atoms with Gasteiger partial charge in [-0.3, -0.25) is 4.79 Å². The van der Waals surface area contributed by atoms with E-state index in [1.54, 1.807) is 0 Å². The first-order valence-electron chi connectivity index (χ1n) is 10.0. The van der Waals surface area contributed by atoms with Crippen molar-refractivity contribution >= 4 is 23.9 Å². The Balaban J connectivity index is 0.00000420. The Kier molecular flexibility index (Phi) is 12.5. The third-order valence-electron chi connectivity index (χ3n) is 4.60. The number of carbonyl (C=O) groups is 1. The lowest BCUT2D eigenvalue weighted by atomic mass is 10.1. The van der Waals surface area contributed by atoms with Gasteiger partial charge in [0.25, 0.3) is 0 Å². The first-order valence-corrected chi connectivity index (χ1v) is 10.0. The quantitative estimate of drug-likeness (QED) is 0.430. The average Bonchev–Trinajstić information content (AvgIpc) is 2.71. The number of carboxylic acids is 1. The lowest BCUT2D eigenvalue weighted by Gasteiger charge is -2.08. The second-order valence-electron chi connectivity index (χ2n) is 6.90. The zero-order valence-corrected chi connectivity index (χ0v) is 17.9. The van der Waals surface area contributed by atoms with Gasteiger partial charge in [0.1, 0.15) is 5.75 Å². The van der Waals surface area contributed by atoms with Gasteiger partial charge in [-0.1, -0.05) is 48.5 Å². The highest BCUT2D eigenvalue weighted by atomic mass is 35.5. The number of hydrogen-bond donors (Lipinski definition) is 2. The highest BCUT2D eigenvalue weighted by molar-refractivity contribution is 5.85. The van der Waals surface area contributed by atoms with E-state index in [1.165, 1.54) is 18.4 Å². The van der Waals surface area contributed by atoms with Crippen molar-refractivity contribution in [1.82, 2.24) is 5.32 Å². The fraction of sp³-hybridized carbons (Fsp3) is 0.375. The molecule has 0 spiro atoms. The molecule has 2 N–H and O–H groups in total. The van der Waals surface area contributed by atoms with E-state index in [4.69, 9.17) is 9.84 Å². The standard InChI is InChI=1S/C24H31NO3.ClH/c1-20(15-17-25-18-16-24(26)27)22-11-13-23(14-12-22)28-19-7-3-6-10-21-8-4-2-5-9-21;/h2,4-5,8-9,11-15,25H,3,6-7,10,16-19H2,1H3,(H,26,27);1H/b20-15+;. The highest BCUT2D eigenvalue weighted by Crippen LogP contribution is 2.18. The molecule has 0 radical (unpaired) electrons. The number of carboxylic acid groups (broad SMARTS) is 1. The average molecular weight is 418 g/mol. The summed E-state index contributed by atoms with van der Waals surface area (Å²) in [5.41, 5.74) is 3.71. The summed E-state index contributed by atoms with van der Waals surface area (Å²) in [6.45, 7) is 3.95. The van der Waals surface area contributed by atoms with E-state index < -0.39 is 5.97 Å². The predicted molar refractivity (Wildman–Crippen MR) is 122 cm³/mol. The molecule has 0 heterocycles. The smallest absolute Gasteiger partial charge is 0.304 e. The number of ether oxygens (including phenoxy) is 1. The Hall–Kier alpha value is -2.30. The third-order valence-corrected chi connectivity index (χ3v) is 4.60. The molecule has 158 valence electrons. The van der Waals surface area contributed by atoms with Crippen LogP contribution in [-0.4, -0.2) is 30.8 Å². The van der Waals surface area contributed by atoms with Crippen LogP contribution >= 0.6 is 12.4 Å². The molecule has 2 aromatic carbocycles. The summed E-state index contributed by atoms with van der Waals surface area (Å²) in [7, 11) is 0. The second kappa shape index (κ2) is 14.7. The van der Waals surface area contributed by atoms with Crippen LogP contribution in [0.25, 0.3) is 5.57 Å². The van der Waals surface area contributed by atoms with Gasteiger partial charge in [-0.25, -0.2) is 0 Å². The van der Waals surface area contributed by atoms with Crippen molar-refractivity contribution < 1.29 is 14.6 Å². The third kappa shape index (κ3) is 10.7. The van der Waals surface area contributed by atoms with Crippen molar-refractivity contribution in [3.8, 4) is 5.75 Å².